The summed E-state index contributed by atoms with van der Waals surface area (Å²) in [5.74, 6) is 0.886. The third-order valence-electron chi connectivity index (χ3n) is 16.9. The second-order valence-electron chi connectivity index (χ2n) is 27.6. The number of aliphatic hydroxyl groups excluding tert-OH is 1. The van der Waals surface area contributed by atoms with Crippen molar-refractivity contribution in [1.29, 1.82) is 0 Å². The van der Waals surface area contributed by atoms with Crippen LogP contribution in [0.5, 0.6) is 0 Å². The van der Waals surface area contributed by atoms with E-state index in [9.17, 15) is 43.2 Å². The molecule has 3 N–H and O–H groups in total. The molecule has 0 spiro atoms. The Kier molecular flexibility index (Phi) is 60.3. The molecule has 0 bridgehead atoms. The largest absolute Gasteiger partial charge is 0.472 e. The summed E-state index contributed by atoms with van der Waals surface area (Å²) in [6.07, 6.45) is 44.4. The number of phosphoric ester groups is 2. The molecule has 6 atom stereocenters. The molecule has 0 aromatic rings. The van der Waals surface area contributed by atoms with Gasteiger partial charge in [-0.2, -0.15) is 0 Å². The number of carbonyl (C=O) groups is 4. The molecular formula is C72H140O17P2. The van der Waals surface area contributed by atoms with Crippen LogP contribution in [0.4, 0.5) is 0 Å². The lowest BCUT2D eigenvalue weighted by atomic mass is 10.00. The number of esters is 4. The molecule has 19 heteroatoms. The average molecular weight is 1340 g/mol. The topological polar surface area (TPSA) is 237 Å². The lowest BCUT2D eigenvalue weighted by Gasteiger charge is -2.21. The van der Waals surface area contributed by atoms with Gasteiger partial charge in [-0.1, -0.05) is 306 Å². The molecule has 0 rings (SSSR count). The molecule has 0 aliphatic heterocycles. The normalized spacial score (nSPS) is 14.5. The highest BCUT2D eigenvalue weighted by atomic mass is 31.2. The zero-order valence-electron chi connectivity index (χ0n) is 59.5. The minimum Gasteiger partial charge on any atom is -0.462 e. The van der Waals surface area contributed by atoms with Crippen molar-refractivity contribution < 1.29 is 80.2 Å². The van der Waals surface area contributed by atoms with Gasteiger partial charge in [0.2, 0.25) is 0 Å². The first kappa shape index (κ1) is 89.1. The first-order chi connectivity index (χ1) is 43.6. The highest BCUT2D eigenvalue weighted by Gasteiger charge is 2.30. The smallest absolute Gasteiger partial charge is 0.462 e. The molecule has 0 aliphatic rings. The Morgan fingerprint density at radius 2 is 0.527 bits per heavy atom. The number of hydrogen-bond acceptors (Lipinski definition) is 15. The van der Waals surface area contributed by atoms with E-state index in [4.69, 9.17) is 37.0 Å². The molecule has 3 unspecified atom stereocenters. The van der Waals surface area contributed by atoms with Crippen LogP contribution in [0.15, 0.2) is 0 Å². The highest BCUT2D eigenvalue weighted by molar-refractivity contribution is 7.47. The maximum absolute atomic E-state index is 13.0. The van der Waals surface area contributed by atoms with E-state index in [-0.39, 0.29) is 25.7 Å². The Balaban J connectivity index is 5.26. The van der Waals surface area contributed by atoms with Gasteiger partial charge in [0, 0.05) is 25.7 Å². The zero-order chi connectivity index (χ0) is 67.5. The number of unbranched alkanes of at least 4 members (excludes halogenated alkanes) is 34. The van der Waals surface area contributed by atoms with E-state index < -0.39 is 97.5 Å². The Hall–Kier alpha value is -1.94. The Morgan fingerprint density at radius 3 is 0.780 bits per heavy atom. The maximum atomic E-state index is 13.0. The van der Waals surface area contributed by atoms with Gasteiger partial charge >= 0.3 is 39.5 Å². The summed E-state index contributed by atoms with van der Waals surface area (Å²) < 4.78 is 68.4. The van der Waals surface area contributed by atoms with Crippen LogP contribution >= 0.6 is 15.6 Å². The summed E-state index contributed by atoms with van der Waals surface area (Å²) in [4.78, 5) is 72.6. The minimum atomic E-state index is -4.95. The number of aliphatic hydroxyl groups is 1. The van der Waals surface area contributed by atoms with Gasteiger partial charge in [0.1, 0.15) is 19.3 Å². The summed E-state index contributed by atoms with van der Waals surface area (Å²) in [5, 5.41) is 10.6. The summed E-state index contributed by atoms with van der Waals surface area (Å²) in [6.45, 7) is 14.1. The summed E-state index contributed by atoms with van der Waals surface area (Å²) >= 11 is 0. The average Bonchev–Trinajstić information content (AvgIpc) is 3.69. The van der Waals surface area contributed by atoms with Crippen LogP contribution in [0, 0.1) is 23.7 Å². The third-order valence-corrected chi connectivity index (χ3v) is 18.8. The number of carbonyl (C=O) groups excluding carboxylic acids is 4. The van der Waals surface area contributed by atoms with Crippen molar-refractivity contribution in [2.45, 2.75) is 375 Å². The predicted molar refractivity (Wildman–Crippen MR) is 367 cm³/mol. The van der Waals surface area contributed by atoms with Gasteiger partial charge in [-0.05, 0) is 49.4 Å². The molecule has 0 amide bonds. The van der Waals surface area contributed by atoms with Crippen LogP contribution in [0.2, 0.25) is 0 Å². The molecule has 540 valence electrons. The fourth-order valence-electron chi connectivity index (χ4n) is 10.8. The third kappa shape index (κ3) is 65.1. The lowest BCUT2D eigenvalue weighted by Crippen LogP contribution is -2.30. The van der Waals surface area contributed by atoms with Crippen LogP contribution < -0.4 is 0 Å². The fraction of sp³-hybridized carbons (Fsp3) is 0.944. The van der Waals surface area contributed by atoms with Gasteiger partial charge in [-0.15, -0.1) is 0 Å². The molecule has 0 aromatic carbocycles. The van der Waals surface area contributed by atoms with Crippen molar-refractivity contribution in [2.24, 2.45) is 23.7 Å². The Labute approximate surface area is 556 Å². The summed E-state index contributed by atoms with van der Waals surface area (Å²) in [7, 11) is -9.91. The predicted octanol–water partition coefficient (Wildman–Crippen LogP) is 20.5. The van der Waals surface area contributed by atoms with Gasteiger partial charge in [0.05, 0.1) is 26.4 Å². The van der Waals surface area contributed by atoms with Crippen LogP contribution in [0.1, 0.15) is 357 Å². The first-order valence-corrected chi connectivity index (χ1v) is 40.2. The van der Waals surface area contributed by atoms with E-state index in [0.29, 0.717) is 25.7 Å². The molecular weight excluding hydrogens is 1200 g/mol. The SMILES string of the molecule is CCC(C)CCCCCCCCC(=O)OC[C@H](COP(=O)(O)OC[C@H](O)COP(=O)(O)OC[C@@H](COC(=O)CCCCCCCCCCCC(C)C)OC(=O)CCCCCCCCCCCCC(C)C)OC(=O)CCCCCCCCCCCCCCCC(C)C. The van der Waals surface area contributed by atoms with Crippen molar-refractivity contribution in [3.8, 4) is 0 Å². The van der Waals surface area contributed by atoms with Gasteiger partial charge in [0.25, 0.3) is 0 Å². The fourth-order valence-corrected chi connectivity index (χ4v) is 12.4. The van der Waals surface area contributed by atoms with Crippen molar-refractivity contribution in [3.63, 3.8) is 0 Å². The van der Waals surface area contributed by atoms with E-state index in [1.807, 2.05) is 0 Å². The summed E-state index contributed by atoms with van der Waals surface area (Å²) in [5.41, 5.74) is 0. The molecule has 0 aliphatic carbocycles. The van der Waals surface area contributed by atoms with Crippen LogP contribution in [0.25, 0.3) is 0 Å². The molecule has 17 nitrogen and oxygen atoms in total. The Morgan fingerprint density at radius 1 is 0.308 bits per heavy atom. The molecule has 0 aromatic heterocycles. The maximum Gasteiger partial charge on any atom is 0.472 e. The quantitative estimate of drug-likeness (QED) is 0.0222. The van der Waals surface area contributed by atoms with Crippen molar-refractivity contribution in [2.75, 3.05) is 39.6 Å². The van der Waals surface area contributed by atoms with Crippen molar-refractivity contribution in [1.82, 2.24) is 0 Å². The zero-order valence-corrected chi connectivity index (χ0v) is 61.3. The van der Waals surface area contributed by atoms with Gasteiger partial charge < -0.3 is 33.8 Å². The van der Waals surface area contributed by atoms with Crippen LogP contribution in [-0.4, -0.2) is 96.7 Å². The van der Waals surface area contributed by atoms with E-state index in [1.165, 1.54) is 154 Å². The van der Waals surface area contributed by atoms with Crippen LogP contribution in [0.3, 0.4) is 0 Å². The second-order valence-corrected chi connectivity index (χ2v) is 30.6. The molecule has 0 saturated carbocycles. The van der Waals surface area contributed by atoms with Crippen molar-refractivity contribution in [3.05, 3.63) is 0 Å². The van der Waals surface area contributed by atoms with E-state index in [2.05, 4.69) is 55.4 Å². The van der Waals surface area contributed by atoms with E-state index in [0.717, 1.165) is 120 Å². The van der Waals surface area contributed by atoms with E-state index >= 15 is 0 Å². The number of phosphoric acid groups is 2. The lowest BCUT2D eigenvalue weighted by molar-refractivity contribution is -0.161. The van der Waals surface area contributed by atoms with Gasteiger partial charge in [-0.3, -0.25) is 37.3 Å². The standard InChI is InChI=1S/C72H140O17P2/c1-9-65(8)51-43-35-30-31-37-45-53-70(75)83-59-68(89-71(76)54-46-38-28-21-14-12-10-11-13-18-24-32-40-48-62(2)3)61-87-91(80,81)85-57-66(73)56-84-90(78,79)86-60-67(58-82-69(74)52-44-36-27-23-17-20-26-34-42-50-64(6)7)88-72(77)55-47-39-29-22-16-15-19-25-33-41-49-63(4)5/h62-68,73H,9-61H2,1-8H3,(H,78,79)(H,80,81)/t65?,66-,67-,68-/m1/s1. The molecule has 91 heavy (non-hydrogen) atoms. The van der Waals surface area contributed by atoms with Gasteiger partial charge in [0.15, 0.2) is 12.2 Å². The van der Waals surface area contributed by atoms with E-state index in [1.54, 1.807) is 0 Å². The summed E-state index contributed by atoms with van der Waals surface area (Å²) in [6, 6.07) is 0. The molecule has 0 saturated heterocycles. The van der Waals surface area contributed by atoms with Gasteiger partial charge in [-0.25, -0.2) is 9.13 Å². The van der Waals surface area contributed by atoms with Crippen molar-refractivity contribution >= 4 is 39.5 Å². The first-order valence-electron chi connectivity index (χ1n) is 37.2. The number of rotatable bonds is 69. The minimum absolute atomic E-state index is 0.105. The molecule has 0 fully saturated rings. The molecule has 0 heterocycles. The van der Waals surface area contributed by atoms with Crippen LogP contribution in [-0.2, 0) is 65.4 Å². The second kappa shape index (κ2) is 61.6. The highest BCUT2D eigenvalue weighted by Crippen LogP contribution is 2.45. The number of ether oxygens (including phenoxy) is 4. The molecule has 0 radical (unpaired) electrons. The monoisotopic (exact) mass is 1340 g/mol. The Bertz CT molecular complexity index is 1800. The number of hydrogen-bond donors (Lipinski definition) is 3.